The highest BCUT2D eigenvalue weighted by atomic mass is 32.2. The smallest absolute Gasteiger partial charge is 0.282 e. The molecule has 24 heavy (non-hydrogen) atoms. The van der Waals surface area contributed by atoms with Gasteiger partial charge >= 0.3 is 0 Å². The first-order valence-electron chi connectivity index (χ1n) is 7.60. The van der Waals surface area contributed by atoms with E-state index in [0.717, 1.165) is 27.8 Å². The summed E-state index contributed by atoms with van der Waals surface area (Å²) in [7, 11) is -4.17. The van der Waals surface area contributed by atoms with Crippen LogP contribution in [0.15, 0.2) is 71.6 Å². The molecule has 1 N–H and O–H groups in total. The van der Waals surface area contributed by atoms with E-state index in [-0.39, 0.29) is 4.90 Å². The maximum Gasteiger partial charge on any atom is 0.294 e. The average Bonchev–Trinajstić information content (AvgIpc) is 2.55. The van der Waals surface area contributed by atoms with Gasteiger partial charge in [0.2, 0.25) is 0 Å². The highest BCUT2D eigenvalue weighted by molar-refractivity contribution is 7.85. The number of rotatable bonds is 3. The fraction of sp³-hybridized carbons (Fsp3) is 0.100. The third-order valence-corrected chi connectivity index (χ3v) is 4.95. The van der Waals surface area contributed by atoms with E-state index in [0.29, 0.717) is 0 Å². The Kier molecular flexibility index (Phi) is 4.26. The molecule has 3 aromatic rings. The summed E-state index contributed by atoms with van der Waals surface area (Å²) in [5, 5.41) is 0. The van der Waals surface area contributed by atoms with Crippen molar-refractivity contribution < 1.29 is 13.0 Å². The Labute approximate surface area is 142 Å². The first-order valence-corrected chi connectivity index (χ1v) is 9.04. The fourth-order valence-corrected chi connectivity index (χ4v) is 3.15. The molecule has 0 aromatic heterocycles. The van der Waals surface area contributed by atoms with Gasteiger partial charge in [-0.25, -0.2) is 0 Å². The van der Waals surface area contributed by atoms with E-state index in [4.69, 9.17) is 4.55 Å². The Hall–Kier alpha value is -2.43. The lowest BCUT2D eigenvalue weighted by atomic mass is 9.95. The molecule has 0 amide bonds. The molecule has 0 atom stereocenters. The van der Waals surface area contributed by atoms with E-state index < -0.39 is 10.1 Å². The summed E-state index contributed by atoms with van der Waals surface area (Å²) in [5.41, 5.74) is 6.51. The minimum Gasteiger partial charge on any atom is -0.282 e. The van der Waals surface area contributed by atoms with Crippen molar-refractivity contribution in [2.24, 2.45) is 0 Å². The molecule has 0 saturated carbocycles. The highest BCUT2D eigenvalue weighted by Crippen LogP contribution is 2.30. The Morgan fingerprint density at radius 1 is 0.708 bits per heavy atom. The van der Waals surface area contributed by atoms with Gasteiger partial charge in [-0.15, -0.1) is 0 Å². The third-order valence-electron chi connectivity index (χ3n) is 4.09. The van der Waals surface area contributed by atoms with Gasteiger partial charge in [0, 0.05) is 0 Å². The van der Waals surface area contributed by atoms with Gasteiger partial charge in [0.1, 0.15) is 0 Å². The number of aryl methyl sites for hydroxylation is 2. The van der Waals surface area contributed by atoms with Crippen LogP contribution in [-0.4, -0.2) is 13.0 Å². The molecule has 4 heteroatoms. The lowest BCUT2D eigenvalue weighted by Crippen LogP contribution is -1.97. The largest absolute Gasteiger partial charge is 0.294 e. The molecular formula is C20H18O3S. The monoisotopic (exact) mass is 338 g/mol. The van der Waals surface area contributed by atoms with Crippen molar-refractivity contribution in [3.8, 4) is 22.3 Å². The zero-order valence-electron chi connectivity index (χ0n) is 13.5. The maximum atomic E-state index is 11.2. The SMILES string of the molecule is Cc1ccc(-c2ccc(C)c(-c3ccc(S(=O)(=O)O)cc3)c2)cc1. The molecule has 3 rings (SSSR count). The highest BCUT2D eigenvalue weighted by Gasteiger charge is 2.10. The van der Waals surface area contributed by atoms with Crippen LogP contribution in [0, 0.1) is 13.8 Å². The summed E-state index contributed by atoms with van der Waals surface area (Å²) < 4.78 is 31.4. The minimum absolute atomic E-state index is 0.0985. The molecule has 3 nitrogen and oxygen atoms in total. The second-order valence-electron chi connectivity index (χ2n) is 5.90. The van der Waals surface area contributed by atoms with Gasteiger partial charge in [0.15, 0.2) is 0 Å². The molecule has 0 aliphatic heterocycles. The molecule has 0 spiro atoms. The molecular weight excluding hydrogens is 320 g/mol. The predicted molar refractivity (Wildman–Crippen MR) is 96.6 cm³/mol. The summed E-state index contributed by atoms with van der Waals surface area (Å²) in [4.78, 5) is -0.0985. The van der Waals surface area contributed by atoms with Crippen LogP contribution in [0.25, 0.3) is 22.3 Å². The third kappa shape index (κ3) is 3.40. The van der Waals surface area contributed by atoms with Crippen molar-refractivity contribution in [1.29, 1.82) is 0 Å². The maximum absolute atomic E-state index is 11.2. The van der Waals surface area contributed by atoms with Gasteiger partial charge < -0.3 is 0 Å². The first kappa shape index (κ1) is 16.4. The zero-order chi connectivity index (χ0) is 17.3. The second kappa shape index (κ2) is 6.23. The van der Waals surface area contributed by atoms with Crippen LogP contribution < -0.4 is 0 Å². The van der Waals surface area contributed by atoms with E-state index >= 15 is 0 Å². The van der Waals surface area contributed by atoms with Crippen molar-refractivity contribution in [3.63, 3.8) is 0 Å². The van der Waals surface area contributed by atoms with Crippen LogP contribution in [0.1, 0.15) is 11.1 Å². The van der Waals surface area contributed by atoms with Crippen LogP contribution in [0.4, 0.5) is 0 Å². The molecule has 3 aromatic carbocycles. The zero-order valence-corrected chi connectivity index (χ0v) is 14.3. The van der Waals surface area contributed by atoms with E-state index in [2.05, 4.69) is 49.4 Å². The lowest BCUT2D eigenvalue weighted by Gasteiger charge is -2.10. The average molecular weight is 338 g/mol. The normalized spacial score (nSPS) is 11.5. The van der Waals surface area contributed by atoms with Crippen LogP contribution >= 0.6 is 0 Å². The van der Waals surface area contributed by atoms with E-state index in [9.17, 15) is 8.42 Å². The van der Waals surface area contributed by atoms with Crippen LogP contribution in [0.5, 0.6) is 0 Å². The molecule has 0 radical (unpaired) electrons. The van der Waals surface area contributed by atoms with Crippen molar-refractivity contribution in [1.82, 2.24) is 0 Å². The Morgan fingerprint density at radius 3 is 1.83 bits per heavy atom. The van der Waals surface area contributed by atoms with Crippen LogP contribution in [0.2, 0.25) is 0 Å². The van der Waals surface area contributed by atoms with E-state index in [1.807, 2.05) is 6.92 Å². The van der Waals surface area contributed by atoms with Crippen LogP contribution in [0.3, 0.4) is 0 Å². The summed E-state index contributed by atoms with van der Waals surface area (Å²) in [6.07, 6.45) is 0. The molecule has 0 bridgehead atoms. The van der Waals surface area contributed by atoms with Crippen LogP contribution in [-0.2, 0) is 10.1 Å². The first-order chi connectivity index (χ1) is 11.3. The lowest BCUT2D eigenvalue weighted by molar-refractivity contribution is 0.483. The van der Waals surface area contributed by atoms with Crippen molar-refractivity contribution in [2.45, 2.75) is 18.7 Å². The summed E-state index contributed by atoms with van der Waals surface area (Å²) in [6, 6.07) is 20.8. The van der Waals surface area contributed by atoms with E-state index in [1.54, 1.807) is 12.1 Å². The van der Waals surface area contributed by atoms with Crippen molar-refractivity contribution in [3.05, 3.63) is 77.9 Å². The van der Waals surface area contributed by atoms with Gasteiger partial charge in [-0.1, -0.05) is 54.1 Å². The predicted octanol–water partition coefficient (Wildman–Crippen LogP) is 4.88. The topological polar surface area (TPSA) is 54.4 Å². The van der Waals surface area contributed by atoms with Gasteiger partial charge in [-0.05, 0) is 59.9 Å². The van der Waals surface area contributed by atoms with E-state index in [1.165, 1.54) is 17.7 Å². The fourth-order valence-electron chi connectivity index (χ4n) is 2.67. The second-order valence-corrected chi connectivity index (χ2v) is 7.32. The number of hydrogen-bond acceptors (Lipinski definition) is 2. The van der Waals surface area contributed by atoms with Gasteiger partial charge in [0.25, 0.3) is 10.1 Å². The van der Waals surface area contributed by atoms with Gasteiger partial charge in [-0.2, -0.15) is 8.42 Å². The van der Waals surface area contributed by atoms with Gasteiger partial charge in [-0.3, -0.25) is 4.55 Å². The quantitative estimate of drug-likeness (QED) is 0.692. The number of benzene rings is 3. The standard InChI is InChI=1S/C20H18O3S/c1-14-3-6-16(7-4-14)18-8-5-15(2)20(13-18)17-9-11-19(12-10-17)24(21,22)23/h3-13H,1-2H3,(H,21,22,23). The van der Waals surface area contributed by atoms with Crippen molar-refractivity contribution >= 4 is 10.1 Å². The molecule has 0 saturated heterocycles. The van der Waals surface area contributed by atoms with Gasteiger partial charge in [0.05, 0.1) is 4.90 Å². The van der Waals surface area contributed by atoms with Crippen molar-refractivity contribution in [2.75, 3.05) is 0 Å². The molecule has 0 fully saturated rings. The molecule has 0 heterocycles. The Bertz CT molecular complexity index is 970. The number of hydrogen-bond donors (Lipinski definition) is 1. The Balaban J connectivity index is 2.05. The molecule has 0 aliphatic carbocycles. The summed E-state index contributed by atoms with van der Waals surface area (Å²) in [6.45, 7) is 4.08. The summed E-state index contributed by atoms with van der Waals surface area (Å²) >= 11 is 0. The summed E-state index contributed by atoms with van der Waals surface area (Å²) in [5.74, 6) is 0. The molecule has 122 valence electrons. The minimum atomic E-state index is -4.17. The Morgan fingerprint density at radius 2 is 1.25 bits per heavy atom. The molecule has 0 unspecified atom stereocenters. The molecule has 0 aliphatic rings.